The van der Waals surface area contributed by atoms with Crippen LogP contribution in [-0.2, 0) is 0 Å². The van der Waals surface area contributed by atoms with Crippen molar-refractivity contribution < 1.29 is 10.2 Å². The van der Waals surface area contributed by atoms with Crippen molar-refractivity contribution in [2.45, 2.75) is 20.0 Å². The molecule has 0 aromatic heterocycles. The van der Waals surface area contributed by atoms with Crippen molar-refractivity contribution in [2.75, 3.05) is 39.3 Å². The Kier molecular flexibility index (Phi) is 8.33. The van der Waals surface area contributed by atoms with Gasteiger partial charge in [-0.05, 0) is 13.1 Å². The average Bonchev–Trinajstić information content (AvgIpc) is 2.16. The Morgan fingerprint density at radius 3 is 2.54 bits per heavy atom. The van der Waals surface area contributed by atoms with E-state index < -0.39 is 6.10 Å². The predicted octanol–water partition coefficient (Wildman–Crippen LogP) is -0.729. The number of nitrogens with one attached hydrogen (secondary N) is 1. The number of aliphatic hydroxyl groups excluding tert-OH is 2. The summed E-state index contributed by atoms with van der Waals surface area (Å²) >= 11 is 0. The van der Waals surface area contributed by atoms with Crippen LogP contribution in [-0.4, -0.2) is 60.5 Å². The average molecular weight is 190 g/mol. The van der Waals surface area contributed by atoms with Gasteiger partial charge < -0.3 is 15.5 Å². The maximum Gasteiger partial charge on any atom is 0.0897 e. The van der Waals surface area contributed by atoms with E-state index in [0.29, 0.717) is 6.54 Å². The minimum atomic E-state index is -0.610. The summed E-state index contributed by atoms with van der Waals surface area (Å²) in [5.41, 5.74) is 0. The fraction of sp³-hybridized carbons (Fsp3) is 1.00. The second kappa shape index (κ2) is 8.44. The zero-order valence-corrected chi connectivity index (χ0v) is 8.66. The zero-order chi connectivity index (χ0) is 10.1. The molecule has 4 heteroatoms. The van der Waals surface area contributed by atoms with E-state index in [1.807, 2.05) is 0 Å². The van der Waals surface area contributed by atoms with Crippen molar-refractivity contribution in [1.29, 1.82) is 0 Å². The lowest BCUT2D eigenvalue weighted by Gasteiger charge is -2.22. The maximum atomic E-state index is 9.20. The summed E-state index contributed by atoms with van der Waals surface area (Å²) in [6.45, 7) is 8.25. The number of nitrogens with zero attached hydrogens (tertiary/aromatic N) is 1. The largest absolute Gasteiger partial charge is 0.394 e. The van der Waals surface area contributed by atoms with Crippen LogP contribution < -0.4 is 5.32 Å². The standard InChI is InChI=1S/C9H22N2O2/c1-3-10-5-6-11(4-2)7-9(13)8-12/h9-10,12-13H,3-8H2,1-2H3. The van der Waals surface area contributed by atoms with Crippen LogP contribution >= 0.6 is 0 Å². The van der Waals surface area contributed by atoms with Crippen LogP contribution in [0.15, 0.2) is 0 Å². The highest BCUT2D eigenvalue weighted by Gasteiger charge is 2.07. The lowest BCUT2D eigenvalue weighted by Crippen LogP contribution is -2.38. The van der Waals surface area contributed by atoms with E-state index in [1.54, 1.807) is 0 Å². The van der Waals surface area contributed by atoms with Crippen LogP contribution in [0.25, 0.3) is 0 Å². The second-order valence-electron chi connectivity index (χ2n) is 3.08. The van der Waals surface area contributed by atoms with E-state index in [0.717, 1.165) is 26.2 Å². The fourth-order valence-corrected chi connectivity index (χ4v) is 1.15. The molecule has 0 radical (unpaired) electrons. The highest BCUT2D eigenvalue weighted by molar-refractivity contribution is 4.63. The molecule has 0 rings (SSSR count). The van der Waals surface area contributed by atoms with Crippen LogP contribution in [0, 0.1) is 0 Å². The van der Waals surface area contributed by atoms with Crippen LogP contribution in [0.2, 0.25) is 0 Å². The van der Waals surface area contributed by atoms with Gasteiger partial charge in [-0.25, -0.2) is 0 Å². The number of rotatable bonds is 8. The molecule has 0 bridgehead atoms. The molecule has 0 aliphatic carbocycles. The summed E-state index contributed by atoms with van der Waals surface area (Å²) in [6.07, 6.45) is -0.610. The molecule has 80 valence electrons. The maximum absolute atomic E-state index is 9.20. The third kappa shape index (κ3) is 6.95. The van der Waals surface area contributed by atoms with E-state index in [1.165, 1.54) is 0 Å². The zero-order valence-electron chi connectivity index (χ0n) is 8.66. The molecule has 13 heavy (non-hydrogen) atoms. The first-order chi connectivity index (χ1) is 6.24. The van der Waals surface area contributed by atoms with Gasteiger partial charge in [0, 0.05) is 19.6 Å². The number of hydrogen-bond acceptors (Lipinski definition) is 4. The van der Waals surface area contributed by atoms with Crippen molar-refractivity contribution in [3.63, 3.8) is 0 Å². The quantitative estimate of drug-likeness (QED) is 0.442. The Hall–Kier alpha value is -0.160. The first-order valence-electron chi connectivity index (χ1n) is 4.96. The van der Waals surface area contributed by atoms with Gasteiger partial charge in [0.25, 0.3) is 0 Å². The summed E-state index contributed by atoms with van der Waals surface area (Å²) in [5, 5.41) is 21.1. The fourth-order valence-electron chi connectivity index (χ4n) is 1.15. The molecule has 0 aromatic carbocycles. The Morgan fingerprint density at radius 2 is 2.08 bits per heavy atom. The summed E-state index contributed by atoms with van der Waals surface area (Å²) in [7, 11) is 0. The van der Waals surface area contributed by atoms with Crippen LogP contribution in [0.3, 0.4) is 0 Å². The van der Waals surface area contributed by atoms with Gasteiger partial charge in [0.15, 0.2) is 0 Å². The van der Waals surface area contributed by atoms with E-state index in [9.17, 15) is 5.11 Å². The van der Waals surface area contributed by atoms with Crippen LogP contribution in [0.1, 0.15) is 13.8 Å². The molecule has 0 aromatic rings. The third-order valence-corrected chi connectivity index (χ3v) is 1.98. The monoisotopic (exact) mass is 190 g/mol. The molecule has 3 N–H and O–H groups in total. The molecule has 1 atom stereocenters. The minimum Gasteiger partial charge on any atom is -0.394 e. The molecular formula is C9H22N2O2. The van der Waals surface area contributed by atoms with Gasteiger partial charge in [-0.15, -0.1) is 0 Å². The summed E-state index contributed by atoms with van der Waals surface area (Å²) in [4.78, 5) is 2.11. The lowest BCUT2D eigenvalue weighted by molar-refractivity contribution is 0.0610. The van der Waals surface area contributed by atoms with Crippen molar-refractivity contribution in [3.8, 4) is 0 Å². The Morgan fingerprint density at radius 1 is 1.38 bits per heavy atom. The van der Waals surface area contributed by atoms with Crippen LogP contribution in [0.5, 0.6) is 0 Å². The van der Waals surface area contributed by atoms with Gasteiger partial charge in [-0.3, -0.25) is 4.90 Å². The third-order valence-electron chi connectivity index (χ3n) is 1.98. The number of likely N-dealkylation sites (N-methyl/N-ethyl adjacent to an activating group) is 2. The van der Waals surface area contributed by atoms with Crippen LogP contribution in [0.4, 0.5) is 0 Å². The topological polar surface area (TPSA) is 55.7 Å². The second-order valence-corrected chi connectivity index (χ2v) is 3.08. The number of hydrogen-bond donors (Lipinski definition) is 3. The van der Waals surface area contributed by atoms with E-state index in [2.05, 4.69) is 24.1 Å². The normalized spacial score (nSPS) is 13.6. The van der Waals surface area contributed by atoms with Gasteiger partial charge in [-0.2, -0.15) is 0 Å². The SMILES string of the molecule is CCNCCN(CC)CC(O)CO. The van der Waals surface area contributed by atoms with E-state index >= 15 is 0 Å². The molecule has 0 fully saturated rings. The molecular weight excluding hydrogens is 168 g/mol. The number of aliphatic hydroxyl groups is 2. The summed E-state index contributed by atoms with van der Waals surface area (Å²) in [5.74, 6) is 0. The highest BCUT2D eigenvalue weighted by Crippen LogP contribution is 1.90. The van der Waals surface area contributed by atoms with E-state index in [-0.39, 0.29) is 6.61 Å². The van der Waals surface area contributed by atoms with Gasteiger partial charge >= 0.3 is 0 Å². The van der Waals surface area contributed by atoms with Gasteiger partial charge in [0.05, 0.1) is 12.7 Å². The molecule has 4 nitrogen and oxygen atoms in total. The Labute approximate surface area is 80.6 Å². The molecule has 0 aliphatic rings. The summed E-state index contributed by atoms with van der Waals surface area (Å²) < 4.78 is 0. The van der Waals surface area contributed by atoms with Crippen molar-refractivity contribution in [2.24, 2.45) is 0 Å². The van der Waals surface area contributed by atoms with Crippen molar-refractivity contribution in [3.05, 3.63) is 0 Å². The summed E-state index contributed by atoms with van der Waals surface area (Å²) in [6, 6.07) is 0. The molecule has 0 amide bonds. The van der Waals surface area contributed by atoms with Gasteiger partial charge in [0.2, 0.25) is 0 Å². The predicted molar refractivity (Wildman–Crippen MR) is 53.8 cm³/mol. The molecule has 0 saturated heterocycles. The van der Waals surface area contributed by atoms with Crippen molar-refractivity contribution >= 4 is 0 Å². The first-order valence-corrected chi connectivity index (χ1v) is 4.96. The molecule has 0 heterocycles. The van der Waals surface area contributed by atoms with E-state index in [4.69, 9.17) is 5.11 Å². The first kappa shape index (κ1) is 12.8. The smallest absolute Gasteiger partial charge is 0.0897 e. The molecule has 0 aliphatic heterocycles. The Bertz CT molecular complexity index is 112. The Balaban J connectivity index is 3.50. The lowest BCUT2D eigenvalue weighted by atomic mass is 10.3. The minimum absolute atomic E-state index is 0.155. The molecule has 1 unspecified atom stereocenters. The van der Waals surface area contributed by atoms with Gasteiger partial charge in [0.1, 0.15) is 0 Å². The highest BCUT2D eigenvalue weighted by atomic mass is 16.3. The molecule has 0 saturated carbocycles. The molecule has 0 spiro atoms. The van der Waals surface area contributed by atoms with Gasteiger partial charge in [-0.1, -0.05) is 13.8 Å². The van der Waals surface area contributed by atoms with Crippen molar-refractivity contribution in [1.82, 2.24) is 10.2 Å².